The van der Waals surface area contributed by atoms with Crippen LogP contribution in [0.1, 0.15) is 16.7 Å². The van der Waals surface area contributed by atoms with Crippen molar-refractivity contribution in [2.24, 2.45) is 0 Å². The zero-order chi connectivity index (χ0) is 25.1. The van der Waals surface area contributed by atoms with Crippen LogP contribution in [0.2, 0.25) is 10.0 Å². The third-order valence-electron chi connectivity index (χ3n) is 5.26. The van der Waals surface area contributed by atoms with Crippen molar-refractivity contribution in [1.29, 1.82) is 0 Å². The molecule has 4 rings (SSSR count). The van der Waals surface area contributed by atoms with E-state index in [0.717, 1.165) is 16.0 Å². The van der Waals surface area contributed by atoms with Crippen LogP contribution in [-0.2, 0) is 16.2 Å². The van der Waals surface area contributed by atoms with Crippen LogP contribution in [0, 0.1) is 6.92 Å². The van der Waals surface area contributed by atoms with Crippen molar-refractivity contribution in [3.63, 3.8) is 0 Å². The largest absolute Gasteiger partial charge is 0.493 e. The first-order chi connectivity index (χ1) is 16.8. The Bertz CT molecular complexity index is 1370. The first kappa shape index (κ1) is 24.3. The summed E-state index contributed by atoms with van der Waals surface area (Å²) >= 11 is 12.1. The normalized spacial score (nSPS) is 14.8. The highest BCUT2D eigenvalue weighted by Gasteiger charge is 2.36. The number of rotatable bonds is 6. The van der Waals surface area contributed by atoms with Crippen LogP contribution in [0.3, 0.4) is 0 Å². The molecule has 3 aromatic carbocycles. The molecule has 1 aliphatic heterocycles. The van der Waals surface area contributed by atoms with Gasteiger partial charge < -0.3 is 9.47 Å². The molecule has 7 nitrogen and oxygen atoms in total. The smallest absolute Gasteiger partial charge is 0.335 e. The monoisotopic (exact) mass is 510 g/mol. The van der Waals surface area contributed by atoms with Crippen LogP contribution >= 0.6 is 23.2 Å². The summed E-state index contributed by atoms with van der Waals surface area (Å²) in [7, 11) is 1.48. The Morgan fingerprint density at radius 1 is 0.971 bits per heavy atom. The van der Waals surface area contributed by atoms with E-state index in [0.29, 0.717) is 32.8 Å². The van der Waals surface area contributed by atoms with Gasteiger partial charge in [-0.3, -0.25) is 14.9 Å². The fraction of sp³-hybridized carbons (Fsp3) is 0.115. The number of carbonyl (C=O) groups is 3. The summed E-state index contributed by atoms with van der Waals surface area (Å²) in [5.41, 5.74) is 2.30. The number of imide groups is 2. The second-order valence-corrected chi connectivity index (χ2v) is 8.58. The van der Waals surface area contributed by atoms with E-state index in [1.165, 1.54) is 13.2 Å². The summed E-state index contributed by atoms with van der Waals surface area (Å²) in [6.45, 7) is 2.02. The molecule has 1 saturated heterocycles. The fourth-order valence-electron chi connectivity index (χ4n) is 3.51. The van der Waals surface area contributed by atoms with E-state index >= 15 is 0 Å². The van der Waals surface area contributed by atoms with Gasteiger partial charge in [0, 0.05) is 15.6 Å². The zero-order valence-corrected chi connectivity index (χ0v) is 20.3. The number of barbiturate groups is 1. The van der Waals surface area contributed by atoms with E-state index in [1.807, 2.05) is 13.0 Å². The number of ether oxygens (including phenoxy) is 2. The Balaban J connectivity index is 1.59. The first-order valence-electron chi connectivity index (χ1n) is 10.5. The number of amides is 4. The molecule has 0 spiro atoms. The highest BCUT2D eigenvalue weighted by molar-refractivity contribution is 6.39. The lowest BCUT2D eigenvalue weighted by Gasteiger charge is -2.26. The number of halogens is 2. The Morgan fingerprint density at radius 2 is 1.77 bits per heavy atom. The van der Waals surface area contributed by atoms with Crippen LogP contribution < -0.4 is 19.7 Å². The number of benzene rings is 3. The predicted molar refractivity (Wildman–Crippen MR) is 134 cm³/mol. The van der Waals surface area contributed by atoms with Crippen LogP contribution in [-0.4, -0.2) is 25.0 Å². The van der Waals surface area contributed by atoms with Gasteiger partial charge in [-0.1, -0.05) is 47.5 Å². The quantitative estimate of drug-likeness (QED) is 0.346. The second kappa shape index (κ2) is 10.2. The van der Waals surface area contributed by atoms with Gasteiger partial charge in [-0.15, -0.1) is 0 Å². The van der Waals surface area contributed by atoms with Crippen LogP contribution in [0.15, 0.2) is 66.2 Å². The molecule has 1 fully saturated rings. The standard InChI is InChI=1S/C26H20Cl2N2O5/c1-15-4-3-5-19(10-15)30-25(32)20(24(31)29-26(30)33)11-16-6-9-22(23(12-16)34-2)35-14-17-7-8-18(27)13-21(17)28/h3-13H,14H2,1-2H3,(H,29,31,33). The third kappa shape index (κ3) is 5.31. The fourth-order valence-corrected chi connectivity index (χ4v) is 3.98. The van der Waals surface area contributed by atoms with E-state index in [-0.39, 0.29) is 12.2 Å². The summed E-state index contributed by atoms with van der Waals surface area (Å²) < 4.78 is 11.3. The van der Waals surface area contributed by atoms with Gasteiger partial charge in [-0.05, 0) is 60.5 Å². The van der Waals surface area contributed by atoms with E-state index in [2.05, 4.69) is 5.32 Å². The summed E-state index contributed by atoms with van der Waals surface area (Å²) in [5, 5.41) is 3.22. The highest BCUT2D eigenvalue weighted by Crippen LogP contribution is 2.31. The number of nitrogens with zero attached hydrogens (tertiary/aromatic N) is 1. The number of urea groups is 1. The second-order valence-electron chi connectivity index (χ2n) is 7.73. The average molecular weight is 511 g/mol. The maximum atomic E-state index is 13.1. The van der Waals surface area contributed by atoms with Gasteiger partial charge in [0.2, 0.25) is 0 Å². The third-order valence-corrected chi connectivity index (χ3v) is 5.85. The van der Waals surface area contributed by atoms with E-state index < -0.39 is 17.8 Å². The van der Waals surface area contributed by atoms with Crippen LogP contribution in [0.4, 0.5) is 10.5 Å². The van der Waals surface area contributed by atoms with Crippen molar-refractivity contribution in [1.82, 2.24) is 5.32 Å². The summed E-state index contributed by atoms with van der Waals surface area (Å²) in [6.07, 6.45) is 1.40. The molecule has 9 heteroatoms. The van der Waals surface area contributed by atoms with Crippen molar-refractivity contribution in [2.75, 3.05) is 12.0 Å². The van der Waals surface area contributed by atoms with Gasteiger partial charge in [0.25, 0.3) is 11.8 Å². The lowest BCUT2D eigenvalue weighted by molar-refractivity contribution is -0.122. The molecule has 35 heavy (non-hydrogen) atoms. The van der Waals surface area contributed by atoms with E-state index in [9.17, 15) is 14.4 Å². The molecule has 1 N–H and O–H groups in total. The molecule has 0 aromatic heterocycles. The first-order valence-corrected chi connectivity index (χ1v) is 11.3. The highest BCUT2D eigenvalue weighted by atomic mass is 35.5. The number of methoxy groups -OCH3 is 1. The minimum atomic E-state index is -0.801. The molecule has 1 aliphatic rings. The Labute approximate surface area is 211 Å². The Hall–Kier alpha value is -3.81. The Kier molecular flexibility index (Phi) is 7.10. The molecule has 0 unspecified atom stereocenters. The molecule has 0 saturated carbocycles. The molecular formula is C26H20Cl2N2O5. The van der Waals surface area contributed by atoms with Crippen molar-refractivity contribution in [3.05, 3.63) is 93.0 Å². The van der Waals surface area contributed by atoms with Gasteiger partial charge in [-0.25, -0.2) is 9.69 Å². The molecule has 178 valence electrons. The zero-order valence-electron chi connectivity index (χ0n) is 18.8. The maximum absolute atomic E-state index is 13.1. The van der Waals surface area contributed by atoms with Gasteiger partial charge in [0.15, 0.2) is 11.5 Å². The molecule has 0 atom stereocenters. The number of carbonyl (C=O) groups excluding carboxylic acids is 3. The van der Waals surface area contributed by atoms with Crippen LogP contribution in [0.25, 0.3) is 6.08 Å². The van der Waals surface area contributed by atoms with Crippen molar-refractivity contribution < 1.29 is 23.9 Å². The SMILES string of the molecule is COc1cc(C=C2C(=O)NC(=O)N(c3cccc(C)c3)C2=O)ccc1OCc1ccc(Cl)cc1Cl. The van der Waals surface area contributed by atoms with E-state index in [4.69, 9.17) is 32.7 Å². The predicted octanol–water partition coefficient (Wildman–Crippen LogP) is 5.56. The number of nitrogens with one attached hydrogen (secondary N) is 1. The molecule has 4 amide bonds. The minimum absolute atomic E-state index is 0.182. The maximum Gasteiger partial charge on any atom is 0.335 e. The summed E-state index contributed by atoms with van der Waals surface area (Å²) in [4.78, 5) is 38.9. The average Bonchev–Trinajstić information content (AvgIpc) is 2.81. The van der Waals surface area contributed by atoms with Gasteiger partial charge in [-0.2, -0.15) is 0 Å². The topological polar surface area (TPSA) is 84.9 Å². The van der Waals surface area contributed by atoms with Gasteiger partial charge in [0.1, 0.15) is 12.2 Å². The van der Waals surface area contributed by atoms with Crippen molar-refractivity contribution in [3.8, 4) is 11.5 Å². The lowest BCUT2D eigenvalue weighted by Crippen LogP contribution is -2.54. The van der Waals surface area contributed by atoms with Gasteiger partial charge in [0.05, 0.1) is 12.8 Å². The summed E-state index contributed by atoms with van der Waals surface area (Å²) in [5.74, 6) is -0.669. The molecule has 0 radical (unpaired) electrons. The van der Waals surface area contributed by atoms with E-state index in [1.54, 1.807) is 54.6 Å². The van der Waals surface area contributed by atoms with Crippen molar-refractivity contribution >= 4 is 52.8 Å². The summed E-state index contributed by atoms with van der Waals surface area (Å²) in [6, 6.07) is 16.1. The van der Waals surface area contributed by atoms with Crippen LogP contribution in [0.5, 0.6) is 11.5 Å². The number of hydrogen-bond donors (Lipinski definition) is 1. The minimum Gasteiger partial charge on any atom is -0.493 e. The molecule has 1 heterocycles. The van der Waals surface area contributed by atoms with Gasteiger partial charge >= 0.3 is 6.03 Å². The lowest BCUT2D eigenvalue weighted by atomic mass is 10.1. The Morgan fingerprint density at radius 3 is 2.49 bits per heavy atom. The number of aryl methyl sites for hydroxylation is 1. The van der Waals surface area contributed by atoms with Crippen molar-refractivity contribution in [2.45, 2.75) is 13.5 Å². The number of anilines is 1. The molecule has 0 bridgehead atoms. The molecule has 0 aliphatic carbocycles. The number of hydrogen-bond acceptors (Lipinski definition) is 5. The molecular weight excluding hydrogens is 491 g/mol. The molecule has 3 aromatic rings.